The van der Waals surface area contributed by atoms with Crippen molar-refractivity contribution in [1.82, 2.24) is 4.90 Å². The minimum Gasteiger partial charge on any atom is -0.480 e. The highest BCUT2D eigenvalue weighted by molar-refractivity contribution is 5.69. The van der Waals surface area contributed by atoms with Gasteiger partial charge in [0.05, 0.1) is 6.54 Å². The fourth-order valence-electron chi connectivity index (χ4n) is 1.54. The molecule has 64 valence electrons. The van der Waals surface area contributed by atoms with Crippen molar-refractivity contribution in [1.29, 1.82) is 0 Å². The smallest absolute Gasteiger partial charge is 0.317 e. The van der Waals surface area contributed by atoms with E-state index in [1.165, 1.54) is 0 Å². The molecule has 0 unspecified atom stereocenters. The summed E-state index contributed by atoms with van der Waals surface area (Å²) in [4.78, 5) is 12.3. The third-order valence-corrected chi connectivity index (χ3v) is 2.11. The molecule has 0 radical (unpaired) electrons. The first-order chi connectivity index (χ1) is 5.24. The van der Waals surface area contributed by atoms with Crippen molar-refractivity contribution in [2.75, 3.05) is 19.6 Å². The maximum Gasteiger partial charge on any atom is 0.317 e. The molecule has 4 heteroatoms. The number of carbonyl (C=O) groups is 1. The molecule has 0 aromatic carbocycles. The van der Waals surface area contributed by atoms with Crippen LogP contribution in [0.1, 0.15) is 12.8 Å². The van der Waals surface area contributed by atoms with E-state index < -0.39 is 5.97 Å². The van der Waals surface area contributed by atoms with Crippen LogP contribution in [0.3, 0.4) is 0 Å². The summed E-state index contributed by atoms with van der Waals surface area (Å²) in [6.07, 6.45) is 2.12. The van der Waals surface area contributed by atoms with Crippen molar-refractivity contribution >= 4 is 5.97 Å². The zero-order valence-electron chi connectivity index (χ0n) is 6.49. The molecule has 0 amide bonds. The first kappa shape index (κ1) is 8.49. The van der Waals surface area contributed by atoms with Crippen molar-refractivity contribution in [2.24, 2.45) is 5.73 Å². The minimum atomic E-state index is -0.759. The lowest BCUT2D eigenvalue weighted by atomic mass is 10.2. The number of aliphatic carboxylic acids is 1. The summed E-state index contributed by atoms with van der Waals surface area (Å²) in [5.74, 6) is -0.759. The molecule has 4 nitrogen and oxygen atoms in total. The summed E-state index contributed by atoms with van der Waals surface area (Å²) in [7, 11) is 0. The van der Waals surface area contributed by atoms with Gasteiger partial charge in [-0.1, -0.05) is 0 Å². The van der Waals surface area contributed by atoms with Crippen molar-refractivity contribution < 1.29 is 9.90 Å². The SMILES string of the molecule is NC[C@H]1CCCN1CC(=O)O. The lowest BCUT2D eigenvalue weighted by molar-refractivity contribution is -0.138. The molecule has 3 N–H and O–H groups in total. The fourth-order valence-corrected chi connectivity index (χ4v) is 1.54. The van der Waals surface area contributed by atoms with Crippen LogP contribution in [-0.2, 0) is 4.79 Å². The van der Waals surface area contributed by atoms with Gasteiger partial charge in [-0.2, -0.15) is 0 Å². The average molecular weight is 158 g/mol. The third-order valence-electron chi connectivity index (χ3n) is 2.11. The monoisotopic (exact) mass is 158 g/mol. The number of nitrogens with two attached hydrogens (primary N) is 1. The van der Waals surface area contributed by atoms with Gasteiger partial charge in [-0.05, 0) is 19.4 Å². The van der Waals surface area contributed by atoms with Crippen LogP contribution < -0.4 is 5.73 Å². The van der Waals surface area contributed by atoms with Crippen LogP contribution in [-0.4, -0.2) is 41.7 Å². The maximum atomic E-state index is 10.3. The minimum absolute atomic E-state index is 0.141. The van der Waals surface area contributed by atoms with E-state index >= 15 is 0 Å². The molecule has 1 heterocycles. The Labute approximate surface area is 66.0 Å². The zero-order chi connectivity index (χ0) is 8.27. The Kier molecular flexibility index (Phi) is 2.84. The predicted octanol–water partition coefficient (Wildman–Crippen LogP) is -0.506. The molecule has 1 aliphatic heterocycles. The summed E-state index contributed by atoms with van der Waals surface area (Å²) >= 11 is 0. The lowest BCUT2D eigenvalue weighted by Crippen LogP contribution is -2.38. The Balaban J connectivity index is 2.37. The molecule has 1 rings (SSSR count). The standard InChI is InChI=1S/C7H14N2O2/c8-4-6-2-1-3-9(6)5-7(10)11/h6H,1-5,8H2,(H,10,11)/t6-/m1/s1. The van der Waals surface area contributed by atoms with Crippen molar-refractivity contribution in [2.45, 2.75) is 18.9 Å². The van der Waals surface area contributed by atoms with Crippen LogP contribution in [0, 0.1) is 0 Å². The van der Waals surface area contributed by atoms with E-state index in [-0.39, 0.29) is 6.54 Å². The van der Waals surface area contributed by atoms with Gasteiger partial charge in [0.2, 0.25) is 0 Å². The summed E-state index contributed by atoms with van der Waals surface area (Å²) in [5, 5.41) is 8.50. The molecular weight excluding hydrogens is 144 g/mol. The number of nitrogens with zero attached hydrogens (tertiary/aromatic N) is 1. The first-order valence-corrected chi connectivity index (χ1v) is 3.90. The second-order valence-electron chi connectivity index (χ2n) is 2.90. The maximum absolute atomic E-state index is 10.3. The Morgan fingerprint density at radius 1 is 1.73 bits per heavy atom. The molecule has 1 fully saturated rings. The van der Waals surface area contributed by atoms with Gasteiger partial charge in [0, 0.05) is 12.6 Å². The van der Waals surface area contributed by atoms with Gasteiger partial charge in [0.1, 0.15) is 0 Å². The number of carboxylic acid groups (broad SMARTS) is 1. The van der Waals surface area contributed by atoms with Crippen LogP contribution in [0.25, 0.3) is 0 Å². The van der Waals surface area contributed by atoms with E-state index in [0.29, 0.717) is 12.6 Å². The van der Waals surface area contributed by atoms with Crippen molar-refractivity contribution in [3.8, 4) is 0 Å². The molecule has 0 bridgehead atoms. The van der Waals surface area contributed by atoms with Gasteiger partial charge in [-0.25, -0.2) is 0 Å². The van der Waals surface area contributed by atoms with E-state index in [1.54, 1.807) is 0 Å². The number of carboxylic acids is 1. The summed E-state index contributed by atoms with van der Waals surface area (Å²) in [6.45, 7) is 1.60. The van der Waals surface area contributed by atoms with Crippen LogP contribution in [0.15, 0.2) is 0 Å². The van der Waals surface area contributed by atoms with Gasteiger partial charge in [-0.3, -0.25) is 9.69 Å². The van der Waals surface area contributed by atoms with Crippen LogP contribution in [0.5, 0.6) is 0 Å². The second kappa shape index (κ2) is 3.69. The zero-order valence-corrected chi connectivity index (χ0v) is 6.49. The second-order valence-corrected chi connectivity index (χ2v) is 2.90. The molecule has 11 heavy (non-hydrogen) atoms. The molecule has 1 atom stereocenters. The Bertz CT molecular complexity index is 149. The molecule has 0 aromatic heterocycles. The summed E-state index contributed by atoms with van der Waals surface area (Å²) in [5.41, 5.74) is 5.47. The van der Waals surface area contributed by atoms with Crippen molar-refractivity contribution in [3.63, 3.8) is 0 Å². The number of rotatable bonds is 3. The highest BCUT2D eigenvalue weighted by Crippen LogP contribution is 2.14. The van der Waals surface area contributed by atoms with Crippen LogP contribution in [0.2, 0.25) is 0 Å². The molecule has 0 aromatic rings. The Hall–Kier alpha value is -0.610. The summed E-state index contributed by atoms with van der Waals surface area (Å²) < 4.78 is 0. The topological polar surface area (TPSA) is 66.6 Å². The Morgan fingerprint density at radius 2 is 2.45 bits per heavy atom. The highest BCUT2D eigenvalue weighted by atomic mass is 16.4. The highest BCUT2D eigenvalue weighted by Gasteiger charge is 2.24. The van der Waals surface area contributed by atoms with Crippen LogP contribution >= 0.6 is 0 Å². The quantitative estimate of drug-likeness (QED) is 0.580. The molecule has 1 saturated heterocycles. The predicted molar refractivity (Wildman–Crippen MR) is 41.3 cm³/mol. The van der Waals surface area contributed by atoms with Gasteiger partial charge >= 0.3 is 5.97 Å². The fraction of sp³-hybridized carbons (Fsp3) is 0.857. The van der Waals surface area contributed by atoms with Crippen molar-refractivity contribution in [3.05, 3.63) is 0 Å². The van der Waals surface area contributed by atoms with Gasteiger partial charge in [0.25, 0.3) is 0 Å². The molecule has 1 aliphatic rings. The normalized spacial score (nSPS) is 25.7. The van der Waals surface area contributed by atoms with Gasteiger partial charge in [-0.15, -0.1) is 0 Å². The van der Waals surface area contributed by atoms with E-state index in [9.17, 15) is 4.79 Å². The third kappa shape index (κ3) is 2.17. The Morgan fingerprint density at radius 3 is 3.00 bits per heavy atom. The average Bonchev–Trinajstić information content (AvgIpc) is 2.34. The lowest BCUT2D eigenvalue weighted by Gasteiger charge is -2.20. The number of likely N-dealkylation sites (tertiary alicyclic amines) is 1. The van der Waals surface area contributed by atoms with E-state index in [1.807, 2.05) is 4.90 Å². The van der Waals surface area contributed by atoms with E-state index in [2.05, 4.69) is 0 Å². The van der Waals surface area contributed by atoms with E-state index in [0.717, 1.165) is 19.4 Å². The molecule has 0 spiro atoms. The van der Waals surface area contributed by atoms with Gasteiger partial charge < -0.3 is 10.8 Å². The van der Waals surface area contributed by atoms with Crippen LogP contribution in [0.4, 0.5) is 0 Å². The largest absolute Gasteiger partial charge is 0.480 e. The molecule has 0 aliphatic carbocycles. The van der Waals surface area contributed by atoms with E-state index in [4.69, 9.17) is 10.8 Å². The number of hydrogen-bond donors (Lipinski definition) is 2. The first-order valence-electron chi connectivity index (χ1n) is 3.90. The molecule has 0 saturated carbocycles. The summed E-state index contributed by atoms with van der Waals surface area (Å²) in [6, 6.07) is 0.297. The van der Waals surface area contributed by atoms with Gasteiger partial charge in [0.15, 0.2) is 0 Å². The number of hydrogen-bond acceptors (Lipinski definition) is 3. The molecular formula is C7H14N2O2.